The number of halogens is 1. The van der Waals surface area contributed by atoms with Crippen molar-refractivity contribution in [1.82, 2.24) is 0 Å². The van der Waals surface area contributed by atoms with E-state index < -0.39 is 12.1 Å². The van der Waals surface area contributed by atoms with Crippen LogP contribution in [-0.2, 0) is 9.53 Å². The monoisotopic (exact) mass is 340 g/mol. The quantitative estimate of drug-likeness (QED) is 0.470. The number of aliphatic hydroxyl groups is 1. The molecule has 0 bridgehead atoms. The molecule has 0 saturated carbocycles. The highest BCUT2D eigenvalue weighted by atomic mass is 79.9. The van der Waals surface area contributed by atoms with Gasteiger partial charge in [0.25, 0.3) is 0 Å². The number of rotatable bonds is 7. The molecule has 1 aromatic carbocycles. The second-order valence-corrected chi connectivity index (χ2v) is 4.79. The van der Waals surface area contributed by atoms with E-state index in [1.165, 1.54) is 0 Å². The highest BCUT2D eigenvalue weighted by molar-refractivity contribution is 9.10. The van der Waals surface area contributed by atoms with Crippen molar-refractivity contribution in [2.45, 2.75) is 13.0 Å². The third-order valence-electron chi connectivity index (χ3n) is 2.50. The van der Waals surface area contributed by atoms with E-state index >= 15 is 0 Å². The molecule has 0 aromatic heterocycles. The average molecular weight is 341 g/mol. The maximum Gasteiger partial charge on any atom is 0.336 e. The lowest BCUT2D eigenvalue weighted by Gasteiger charge is -2.14. The number of aliphatic hydroxyl groups excluding tert-OH is 1. The highest BCUT2D eigenvalue weighted by Gasteiger charge is 2.20. The lowest BCUT2D eigenvalue weighted by molar-refractivity contribution is -0.139. The van der Waals surface area contributed by atoms with Crippen molar-refractivity contribution >= 4 is 21.9 Å². The molecule has 1 aromatic rings. The molecular weight excluding hydrogens is 324 g/mol. The molecule has 1 rings (SSSR count). The van der Waals surface area contributed by atoms with Crippen LogP contribution in [0.5, 0.6) is 5.75 Å². The summed E-state index contributed by atoms with van der Waals surface area (Å²) in [5, 5.41) is 10.1. The molecule has 0 aliphatic rings. The Morgan fingerprint density at radius 1 is 1.55 bits per heavy atom. The number of ether oxygens (including phenoxy) is 2. The van der Waals surface area contributed by atoms with Gasteiger partial charge >= 0.3 is 5.97 Å². The van der Waals surface area contributed by atoms with E-state index in [0.717, 1.165) is 0 Å². The van der Waals surface area contributed by atoms with Crippen molar-refractivity contribution in [3.63, 3.8) is 0 Å². The van der Waals surface area contributed by atoms with Crippen molar-refractivity contribution in [3.05, 3.63) is 53.0 Å². The molecule has 5 heteroatoms. The number of esters is 1. The van der Waals surface area contributed by atoms with Crippen LogP contribution in [-0.4, -0.2) is 24.3 Å². The number of hydrogen-bond donors (Lipinski definition) is 1. The maximum atomic E-state index is 11.5. The van der Waals surface area contributed by atoms with Crippen molar-refractivity contribution in [2.24, 2.45) is 0 Å². The first-order chi connectivity index (χ1) is 9.51. The third kappa shape index (κ3) is 4.21. The molecule has 0 aliphatic carbocycles. The van der Waals surface area contributed by atoms with Crippen LogP contribution < -0.4 is 4.74 Å². The van der Waals surface area contributed by atoms with Gasteiger partial charge in [0.05, 0.1) is 16.7 Å². The molecular formula is C15H17BrO4. The summed E-state index contributed by atoms with van der Waals surface area (Å²) in [6.45, 7) is 9.45. The van der Waals surface area contributed by atoms with E-state index in [0.29, 0.717) is 22.4 Å². The molecule has 20 heavy (non-hydrogen) atoms. The van der Waals surface area contributed by atoms with E-state index in [-0.39, 0.29) is 12.2 Å². The third-order valence-corrected chi connectivity index (χ3v) is 3.12. The van der Waals surface area contributed by atoms with Gasteiger partial charge in [0.2, 0.25) is 0 Å². The van der Waals surface area contributed by atoms with Crippen LogP contribution >= 0.6 is 15.9 Å². The number of carbonyl (C=O) groups is 1. The maximum absolute atomic E-state index is 11.5. The summed E-state index contributed by atoms with van der Waals surface area (Å²) in [6.07, 6.45) is 0.524. The topological polar surface area (TPSA) is 55.8 Å². The Morgan fingerprint density at radius 3 is 2.80 bits per heavy atom. The normalized spacial score (nSPS) is 11.6. The first-order valence-electron chi connectivity index (χ1n) is 6.08. The zero-order valence-electron chi connectivity index (χ0n) is 11.3. The summed E-state index contributed by atoms with van der Waals surface area (Å²) in [7, 11) is 0. The molecule has 1 N–H and O–H groups in total. The predicted octanol–water partition coefficient (Wildman–Crippen LogP) is 3.17. The van der Waals surface area contributed by atoms with E-state index in [2.05, 4.69) is 29.1 Å². The second-order valence-electron chi connectivity index (χ2n) is 3.94. The first-order valence-corrected chi connectivity index (χ1v) is 6.87. The van der Waals surface area contributed by atoms with E-state index in [9.17, 15) is 9.90 Å². The number of carbonyl (C=O) groups excluding carboxylic acids is 1. The standard InChI is InChI=1S/C15H17BrO4/c1-4-8-20-13-7-6-11(9-12(13)16)14(17)10(3)15(18)19-5-2/h4,6-7,9,14,17H,1,3,5,8H2,2H3. The summed E-state index contributed by atoms with van der Waals surface area (Å²) < 4.78 is 10.9. The summed E-state index contributed by atoms with van der Waals surface area (Å²) in [4.78, 5) is 11.5. The van der Waals surface area contributed by atoms with Crippen LogP contribution in [0, 0.1) is 0 Å². The fourth-order valence-corrected chi connectivity index (χ4v) is 2.00. The molecule has 0 radical (unpaired) electrons. The molecule has 0 aliphatic heterocycles. The lowest BCUT2D eigenvalue weighted by Crippen LogP contribution is -2.13. The molecule has 1 atom stereocenters. The van der Waals surface area contributed by atoms with Gasteiger partial charge in [0.1, 0.15) is 18.5 Å². The van der Waals surface area contributed by atoms with Crippen LogP contribution in [0.25, 0.3) is 0 Å². The van der Waals surface area contributed by atoms with Gasteiger partial charge in [0.15, 0.2) is 0 Å². The molecule has 0 fully saturated rings. The van der Waals surface area contributed by atoms with E-state index in [4.69, 9.17) is 9.47 Å². The van der Waals surface area contributed by atoms with Crippen LogP contribution in [0.1, 0.15) is 18.6 Å². The largest absolute Gasteiger partial charge is 0.488 e. The van der Waals surface area contributed by atoms with Crippen LogP contribution in [0.15, 0.2) is 47.5 Å². The van der Waals surface area contributed by atoms with Crippen molar-refractivity contribution in [1.29, 1.82) is 0 Å². The van der Waals surface area contributed by atoms with Crippen LogP contribution in [0.4, 0.5) is 0 Å². The van der Waals surface area contributed by atoms with E-state index in [1.807, 2.05) is 0 Å². The highest BCUT2D eigenvalue weighted by Crippen LogP contribution is 2.30. The van der Waals surface area contributed by atoms with Gasteiger partial charge in [-0.05, 0) is 40.5 Å². The molecule has 0 saturated heterocycles. The Bertz CT molecular complexity index is 511. The molecule has 4 nitrogen and oxygen atoms in total. The zero-order chi connectivity index (χ0) is 15.1. The molecule has 0 heterocycles. The molecule has 0 spiro atoms. The van der Waals surface area contributed by atoms with Gasteiger partial charge in [-0.15, -0.1) is 0 Å². The Balaban J connectivity index is 2.86. The smallest absolute Gasteiger partial charge is 0.336 e. The minimum atomic E-state index is -1.11. The Labute approximate surface area is 126 Å². The molecule has 1 unspecified atom stereocenters. The summed E-state index contributed by atoms with van der Waals surface area (Å²) in [6, 6.07) is 5.04. The number of hydrogen-bond acceptors (Lipinski definition) is 4. The van der Waals surface area contributed by atoms with Crippen molar-refractivity contribution in [2.75, 3.05) is 13.2 Å². The van der Waals surface area contributed by atoms with Crippen molar-refractivity contribution in [3.8, 4) is 5.75 Å². The zero-order valence-corrected chi connectivity index (χ0v) is 12.9. The van der Waals surface area contributed by atoms with Crippen LogP contribution in [0.2, 0.25) is 0 Å². The summed E-state index contributed by atoms with van der Waals surface area (Å²) in [5.41, 5.74) is 0.527. The minimum Gasteiger partial charge on any atom is -0.488 e. The predicted molar refractivity (Wildman–Crippen MR) is 80.6 cm³/mol. The summed E-state index contributed by atoms with van der Waals surface area (Å²) in [5.74, 6) is 0.0192. The van der Waals surface area contributed by atoms with Gasteiger partial charge in [-0.1, -0.05) is 25.3 Å². The van der Waals surface area contributed by atoms with Crippen molar-refractivity contribution < 1.29 is 19.4 Å². The Hall–Kier alpha value is -1.59. The fraction of sp³-hybridized carbons (Fsp3) is 0.267. The minimum absolute atomic E-state index is 0.00138. The van der Waals surface area contributed by atoms with Gasteiger partial charge in [0, 0.05) is 0 Å². The second kappa shape index (κ2) is 7.87. The first kappa shape index (κ1) is 16.5. The fourth-order valence-electron chi connectivity index (χ4n) is 1.49. The Morgan fingerprint density at radius 2 is 2.25 bits per heavy atom. The molecule has 0 amide bonds. The number of benzene rings is 1. The van der Waals surface area contributed by atoms with Gasteiger partial charge in [-0.25, -0.2) is 4.79 Å². The Kier molecular flexibility index (Phi) is 6.48. The SMILES string of the molecule is C=CCOc1ccc(C(O)C(=C)C(=O)OCC)cc1Br. The van der Waals surface area contributed by atoms with E-state index in [1.54, 1.807) is 31.2 Å². The molecule has 108 valence electrons. The van der Waals surface area contributed by atoms with Gasteiger partial charge in [-0.3, -0.25) is 0 Å². The van der Waals surface area contributed by atoms with Gasteiger partial charge in [-0.2, -0.15) is 0 Å². The van der Waals surface area contributed by atoms with Crippen LogP contribution in [0.3, 0.4) is 0 Å². The summed E-state index contributed by atoms with van der Waals surface area (Å²) >= 11 is 3.35. The lowest BCUT2D eigenvalue weighted by atomic mass is 10.0. The average Bonchev–Trinajstić information content (AvgIpc) is 2.44. The van der Waals surface area contributed by atoms with Gasteiger partial charge < -0.3 is 14.6 Å².